The van der Waals surface area contributed by atoms with Crippen LogP contribution in [0.1, 0.15) is 22.5 Å². The molecule has 4 rings (SSSR count). The van der Waals surface area contributed by atoms with Gasteiger partial charge in [0.15, 0.2) is 11.0 Å². The number of anilines is 1. The maximum atomic E-state index is 12.6. The molecule has 0 saturated carbocycles. The van der Waals surface area contributed by atoms with E-state index in [2.05, 4.69) is 15.5 Å². The molecule has 4 aromatic rings. The summed E-state index contributed by atoms with van der Waals surface area (Å²) in [6.45, 7) is 6.34. The molecule has 1 amide bonds. The fraction of sp³-hybridized carbons (Fsp3) is 0.222. The Labute approximate surface area is 209 Å². The van der Waals surface area contributed by atoms with E-state index in [0.29, 0.717) is 16.7 Å². The summed E-state index contributed by atoms with van der Waals surface area (Å²) in [5.74, 6) is 2.30. The Morgan fingerprint density at radius 3 is 2.29 bits per heavy atom. The van der Waals surface area contributed by atoms with Crippen molar-refractivity contribution in [2.24, 2.45) is 0 Å². The van der Waals surface area contributed by atoms with Crippen LogP contribution in [-0.4, -0.2) is 33.5 Å². The number of ether oxygens (including phenoxy) is 2. The van der Waals surface area contributed by atoms with Crippen LogP contribution >= 0.6 is 11.8 Å². The molecule has 1 aromatic heterocycles. The van der Waals surface area contributed by atoms with Crippen LogP contribution in [0.4, 0.5) is 5.69 Å². The van der Waals surface area contributed by atoms with Crippen LogP contribution in [-0.2, 0) is 11.4 Å². The van der Waals surface area contributed by atoms with Crippen molar-refractivity contribution in [2.75, 3.05) is 18.2 Å². The lowest BCUT2D eigenvalue weighted by atomic mass is 10.1. The molecule has 35 heavy (non-hydrogen) atoms. The van der Waals surface area contributed by atoms with Gasteiger partial charge in [0.1, 0.15) is 18.1 Å². The maximum Gasteiger partial charge on any atom is 0.234 e. The van der Waals surface area contributed by atoms with Crippen LogP contribution in [0, 0.1) is 20.8 Å². The first-order chi connectivity index (χ1) is 16.9. The second-order valence-electron chi connectivity index (χ2n) is 8.14. The number of hydrogen-bond acceptors (Lipinski definition) is 6. The van der Waals surface area contributed by atoms with Crippen LogP contribution in [0.5, 0.6) is 11.5 Å². The standard InChI is InChI=1S/C27H28N4O3S/c1-18-8-12-22(13-9-18)31-24(16-34-26-19(2)6-5-7-20(26)3)29-30-27(31)35-17-25(32)28-21-10-14-23(33-4)15-11-21/h5-15H,16-17H2,1-4H3,(H,28,32). The molecule has 0 aliphatic heterocycles. The van der Waals surface area contributed by atoms with Crippen molar-refractivity contribution in [2.45, 2.75) is 32.5 Å². The minimum absolute atomic E-state index is 0.132. The summed E-state index contributed by atoms with van der Waals surface area (Å²) in [4.78, 5) is 12.6. The Bertz CT molecular complexity index is 1280. The van der Waals surface area contributed by atoms with Gasteiger partial charge < -0.3 is 14.8 Å². The number of nitrogens with one attached hydrogen (secondary N) is 1. The summed E-state index contributed by atoms with van der Waals surface area (Å²) < 4.78 is 13.3. The predicted molar refractivity (Wildman–Crippen MR) is 139 cm³/mol. The number of hydrogen-bond donors (Lipinski definition) is 1. The highest BCUT2D eigenvalue weighted by Gasteiger charge is 2.17. The molecule has 180 valence electrons. The van der Waals surface area contributed by atoms with Crippen molar-refractivity contribution >= 4 is 23.4 Å². The van der Waals surface area contributed by atoms with Crippen molar-refractivity contribution in [1.29, 1.82) is 0 Å². The van der Waals surface area contributed by atoms with Crippen LogP contribution in [0.25, 0.3) is 5.69 Å². The van der Waals surface area contributed by atoms with Crippen LogP contribution < -0.4 is 14.8 Å². The summed E-state index contributed by atoms with van der Waals surface area (Å²) in [7, 11) is 1.61. The molecule has 0 atom stereocenters. The van der Waals surface area contributed by atoms with E-state index in [0.717, 1.165) is 33.9 Å². The zero-order valence-corrected chi connectivity index (χ0v) is 21.1. The molecular formula is C27H28N4O3S. The number of para-hydroxylation sites is 1. The van der Waals surface area contributed by atoms with Gasteiger partial charge in [-0.1, -0.05) is 47.7 Å². The van der Waals surface area contributed by atoms with Crippen molar-refractivity contribution in [1.82, 2.24) is 14.8 Å². The third-order valence-electron chi connectivity index (χ3n) is 5.45. The number of benzene rings is 3. The highest BCUT2D eigenvalue weighted by Crippen LogP contribution is 2.26. The molecule has 1 heterocycles. The van der Waals surface area contributed by atoms with Crippen LogP contribution in [0.3, 0.4) is 0 Å². The first-order valence-electron chi connectivity index (χ1n) is 11.2. The summed E-state index contributed by atoms with van der Waals surface area (Å²) in [5.41, 5.74) is 4.91. The number of carbonyl (C=O) groups excluding carboxylic acids is 1. The predicted octanol–water partition coefficient (Wildman–Crippen LogP) is 5.51. The lowest BCUT2D eigenvalue weighted by Gasteiger charge is -2.14. The fourth-order valence-corrected chi connectivity index (χ4v) is 4.38. The van der Waals surface area contributed by atoms with E-state index in [1.807, 2.05) is 67.8 Å². The number of rotatable bonds is 9. The Morgan fingerprint density at radius 1 is 0.943 bits per heavy atom. The quantitative estimate of drug-likeness (QED) is 0.313. The fourth-order valence-electron chi connectivity index (χ4n) is 3.61. The Morgan fingerprint density at radius 2 is 1.63 bits per heavy atom. The third-order valence-corrected chi connectivity index (χ3v) is 6.38. The van der Waals surface area contributed by atoms with E-state index in [1.54, 1.807) is 31.4 Å². The molecule has 0 spiro atoms. The van der Waals surface area contributed by atoms with Gasteiger partial charge in [0, 0.05) is 11.4 Å². The summed E-state index contributed by atoms with van der Waals surface area (Å²) in [6.07, 6.45) is 0. The highest BCUT2D eigenvalue weighted by molar-refractivity contribution is 7.99. The number of carbonyl (C=O) groups is 1. The van der Waals surface area contributed by atoms with E-state index in [4.69, 9.17) is 9.47 Å². The number of aryl methyl sites for hydroxylation is 3. The van der Waals surface area contributed by atoms with Crippen LogP contribution in [0.15, 0.2) is 71.9 Å². The molecule has 0 aliphatic rings. The molecular weight excluding hydrogens is 460 g/mol. The van der Waals surface area contributed by atoms with Crippen molar-refractivity contribution < 1.29 is 14.3 Å². The van der Waals surface area contributed by atoms with Gasteiger partial charge in [0.25, 0.3) is 0 Å². The normalized spacial score (nSPS) is 10.7. The zero-order valence-electron chi connectivity index (χ0n) is 20.2. The molecule has 0 unspecified atom stereocenters. The minimum Gasteiger partial charge on any atom is -0.497 e. The molecule has 8 heteroatoms. The van der Waals surface area contributed by atoms with Gasteiger partial charge >= 0.3 is 0 Å². The molecule has 0 saturated heterocycles. The third kappa shape index (κ3) is 6.02. The number of thioether (sulfide) groups is 1. The zero-order chi connectivity index (χ0) is 24.8. The van der Waals surface area contributed by atoms with Crippen molar-refractivity contribution in [3.05, 3.63) is 89.2 Å². The van der Waals surface area contributed by atoms with Crippen molar-refractivity contribution in [3.63, 3.8) is 0 Å². The SMILES string of the molecule is COc1ccc(NC(=O)CSc2nnc(COc3c(C)cccc3C)n2-c2ccc(C)cc2)cc1. The molecule has 1 N–H and O–H groups in total. The number of amides is 1. The second-order valence-corrected chi connectivity index (χ2v) is 9.09. The van der Waals surface area contributed by atoms with Crippen LogP contribution in [0.2, 0.25) is 0 Å². The average Bonchev–Trinajstić information content (AvgIpc) is 3.26. The Balaban J connectivity index is 1.51. The molecule has 0 bridgehead atoms. The first kappa shape index (κ1) is 24.3. The topological polar surface area (TPSA) is 78.3 Å². The monoisotopic (exact) mass is 488 g/mol. The van der Waals surface area contributed by atoms with E-state index in [-0.39, 0.29) is 18.3 Å². The summed E-state index contributed by atoms with van der Waals surface area (Å²) >= 11 is 1.33. The summed E-state index contributed by atoms with van der Waals surface area (Å²) in [5, 5.41) is 12.3. The molecule has 0 fully saturated rings. The number of methoxy groups -OCH3 is 1. The number of aromatic nitrogens is 3. The minimum atomic E-state index is -0.132. The molecule has 0 aliphatic carbocycles. The molecule has 7 nitrogen and oxygen atoms in total. The highest BCUT2D eigenvalue weighted by atomic mass is 32.2. The van der Waals surface area contributed by atoms with Gasteiger partial charge in [-0.15, -0.1) is 10.2 Å². The molecule has 3 aromatic carbocycles. The first-order valence-corrected chi connectivity index (χ1v) is 12.2. The van der Waals surface area contributed by atoms with E-state index < -0.39 is 0 Å². The van der Waals surface area contributed by atoms with Gasteiger partial charge in [0.2, 0.25) is 5.91 Å². The summed E-state index contributed by atoms with van der Waals surface area (Å²) in [6, 6.07) is 21.4. The smallest absolute Gasteiger partial charge is 0.234 e. The van der Waals surface area contributed by atoms with Gasteiger partial charge in [-0.2, -0.15) is 0 Å². The van der Waals surface area contributed by atoms with Gasteiger partial charge in [-0.3, -0.25) is 9.36 Å². The number of nitrogens with zero attached hydrogens (tertiary/aromatic N) is 3. The average molecular weight is 489 g/mol. The second kappa shape index (κ2) is 11.1. The Kier molecular flexibility index (Phi) is 7.72. The van der Waals surface area contributed by atoms with Gasteiger partial charge in [-0.05, 0) is 68.3 Å². The maximum absolute atomic E-state index is 12.6. The van der Waals surface area contributed by atoms with E-state index in [9.17, 15) is 4.79 Å². The Hall–Kier alpha value is -3.78. The van der Waals surface area contributed by atoms with Gasteiger partial charge in [-0.25, -0.2) is 0 Å². The van der Waals surface area contributed by atoms with E-state index in [1.165, 1.54) is 11.8 Å². The van der Waals surface area contributed by atoms with Gasteiger partial charge in [0.05, 0.1) is 12.9 Å². The lowest BCUT2D eigenvalue weighted by Crippen LogP contribution is -2.14. The van der Waals surface area contributed by atoms with Crippen molar-refractivity contribution in [3.8, 4) is 17.2 Å². The molecule has 0 radical (unpaired) electrons. The largest absolute Gasteiger partial charge is 0.497 e. The lowest BCUT2D eigenvalue weighted by molar-refractivity contribution is -0.113. The van der Waals surface area contributed by atoms with E-state index >= 15 is 0 Å².